The van der Waals surface area contributed by atoms with Crippen LogP contribution in [-0.4, -0.2) is 32.0 Å². The van der Waals surface area contributed by atoms with E-state index in [0.717, 1.165) is 6.42 Å². The molecule has 1 aromatic carbocycles. The molecule has 1 rings (SSSR count). The first-order valence-corrected chi connectivity index (χ1v) is 5.90. The van der Waals surface area contributed by atoms with Gasteiger partial charge in [-0.05, 0) is 18.6 Å². The Bertz CT molecular complexity index is 357. The number of benzene rings is 1. The molecule has 0 aliphatic carbocycles. The van der Waals surface area contributed by atoms with Gasteiger partial charge in [0.15, 0.2) is 18.1 Å². The predicted molar refractivity (Wildman–Crippen MR) is 66.8 cm³/mol. The summed E-state index contributed by atoms with van der Waals surface area (Å²) in [6.07, 6.45) is 0.752. The topological polar surface area (TPSA) is 47.6 Å². The summed E-state index contributed by atoms with van der Waals surface area (Å²) in [4.78, 5) is 11.4. The van der Waals surface area contributed by atoms with Gasteiger partial charge in [-0.1, -0.05) is 12.1 Å². The van der Waals surface area contributed by atoms with Gasteiger partial charge in [0.2, 0.25) is 0 Å². The summed E-state index contributed by atoms with van der Waals surface area (Å²) in [5, 5.41) is 2.70. The predicted octanol–water partition coefficient (Wildman–Crippen LogP) is 1.82. The van der Waals surface area contributed by atoms with Crippen molar-refractivity contribution in [1.82, 2.24) is 5.32 Å². The lowest BCUT2D eigenvalue weighted by atomic mass is 10.3. The normalized spacial score (nSPS) is 9.76. The number of carbonyl (C=O) groups is 1. The Morgan fingerprint density at radius 1 is 1.35 bits per heavy atom. The Morgan fingerprint density at radius 2 is 2.06 bits per heavy atom. The second-order valence-electron chi connectivity index (χ2n) is 3.33. The second-order valence-corrected chi connectivity index (χ2v) is 3.71. The first kappa shape index (κ1) is 13.6. The summed E-state index contributed by atoms with van der Waals surface area (Å²) >= 11 is 5.50. The molecule has 1 aromatic rings. The summed E-state index contributed by atoms with van der Waals surface area (Å²) in [5.41, 5.74) is 0. The van der Waals surface area contributed by atoms with Crippen LogP contribution in [0.1, 0.15) is 6.42 Å². The number of hydrogen-bond donors (Lipinski definition) is 1. The molecular weight excluding hydrogens is 242 g/mol. The van der Waals surface area contributed by atoms with E-state index in [-0.39, 0.29) is 12.5 Å². The van der Waals surface area contributed by atoms with Crippen molar-refractivity contribution in [2.75, 3.05) is 26.1 Å². The molecule has 0 aliphatic rings. The third kappa shape index (κ3) is 4.95. The maximum absolute atomic E-state index is 11.4. The van der Waals surface area contributed by atoms with Gasteiger partial charge in [0, 0.05) is 12.4 Å². The number of halogens is 1. The molecule has 0 unspecified atom stereocenters. The van der Waals surface area contributed by atoms with Gasteiger partial charge in [0.25, 0.3) is 5.91 Å². The van der Waals surface area contributed by atoms with Gasteiger partial charge in [0.1, 0.15) is 0 Å². The van der Waals surface area contributed by atoms with Crippen molar-refractivity contribution in [2.45, 2.75) is 6.42 Å². The van der Waals surface area contributed by atoms with Crippen LogP contribution in [0.2, 0.25) is 0 Å². The summed E-state index contributed by atoms with van der Waals surface area (Å²) in [6.45, 7) is 0.542. The maximum atomic E-state index is 11.4. The van der Waals surface area contributed by atoms with Crippen LogP contribution < -0.4 is 14.8 Å². The highest BCUT2D eigenvalue weighted by molar-refractivity contribution is 6.17. The van der Waals surface area contributed by atoms with Gasteiger partial charge in [0.05, 0.1) is 7.11 Å². The third-order valence-electron chi connectivity index (χ3n) is 2.06. The van der Waals surface area contributed by atoms with Crippen molar-refractivity contribution >= 4 is 17.5 Å². The molecule has 0 atom stereocenters. The molecule has 0 aromatic heterocycles. The van der Waals surface area contributed by atoms with Crippen LogP contribution in [0, 0.1) is 0 Å². The molecule has 0 saturated carbocycles. The van der Waals surface area contributed by atoms with Crippen molar-refractivity contribution in [2.24, 2.45) is 0 Å². The smallest absolute Gasteiger partial charge is 0.257 e. The molecule has 94 valence electrons. The lowest BCUT2D eigenvalue weighted by Crippen LogP contribution is -2.29. The number of ether oxygens (including phenoxy) is 2. The minimum absolute atomic E-state index is 0.0251. The first-order valence-electron chi connectivity index (χ1n) is 5.36. The van der Waals surface area contributed by atoms with Crippen LogP contribution in [-0.2, 0) is 4.79 Å². The van der Waals surface area contributed by atoms with Gasteiger partial charge in [-0.15, -0.1) is 11.6 Å². The summed E-state index contributed by atoms with van der Waals surface area (Å²) in [5.74, 6) is 1.54. The Morgan fingerprint density at radius 3 is 2.71 bits per heavy atom. The number of carbonyl (C=O) groups excluding carboxylic acids is 1. The van der Waals surface area contributed by atoms with Gasteiger partial charge in [-0.3, -0.25) is 4.79 Å². The number of nitrogens with one attached hydrogen (secondary N) is 1. The lowest BCUT2D eigenvalue weighted by Gasteiger charge is -2.10. The minimum Gasteiger partial charge on any atom is -0.493 e. The van der Waals surface area contributed by atoms with E-state index in [9.17, 15) is 4.79 Å². The average Bonchev–Trinajstić information content (AvgIpc) is 2.37. The van der Waals surface area contributed by atoms with Gasteiger partial charge >= 0.3 is 0 Å². The molecule has 1 amide bonds. The molecule has 5 heteroatoms. The quantitative estimate of drug-likeness (QED) is 0.599. The molecule has 4 nitrogen and oxygen atoms in total. The van der Waals surface area contributed by atoms with Crippen LogP contribution in [0.3, 0.4) is 0 Å². The molecule has 0 spiro atoms. The van der Waals surface area contributed by atoms with Crippen LogP contribution in [0.15, 0.2) is 24.3 Å². The van der Waals surface area contributed by atoms with E-state index < -0.39 is 0 Å². The molecule has 17 heavy (non-hydrogen) atoms. The van der Waals surface area contributed by atoms with Crippen molar-refractivity contribution in [1.29, 1.82) is 0 Å². The van der Waals surface area contributed by atoms with Gasteiger partial charge in [-0.25, -0.2) is 0 Å². The molecule has 0 fully saturated rings. The number of rotatable bonds is 7. The zero-order chi connectivity index (χ0) is 12.5. The third-order valence-corrected chi connectivity index (χ3v) is 2.33. The van der Waals surface area contributed by atoms with Crippen LogP contribution >= 0.6 is 11.6 Å². The van der Waals surface area contributed by atoms with E-state index in [1.807, 2.05) is 12.1 Å². The number of alkyl halides is 1. The maximum Gasteiger partial charge on any atom is 0.257 e. The van der Waals surface area contributed by atoms with E-state index >= 15 is 0 Å². The van der Waals surface area contributed by atoms with E-state index in [2.05, 4.69) is 5.32 Å². The molecule has 0 aliphatic heterocycles. The minimum atomic E-state index is -0.166. The Kier molecular flexibility index (Phi) is 6.25. The molecule has 0 heterocycles. The number of amides is 1. The number of methoxy groups -OCH3 is 1. The highest BCUT2D eigenvalue weighted by Gasteiger charge is 2.05. The van der Waals surface area contributed by atoms with Crippen LogP contribution in [0.4, 0.5) is 0 Å². The molecular formula is C12H16ClNO3. The van der Waals surface area contributed by atoms with E-state index in [1.54, 1.807) is 19.2 Å². The molecule has 0 bridgehead atoms. The highest BCUT2D eigenvalue weighted by Crippen LogP contribution is 2.25. The SMILES string of the molecule is COc1ccccc1OCC(=O)NCCCCl. The summed E-state index contributed by atoms with van der Waals surface area (Å²) in [6, 6.07) is 7.20. The van der Waals surface area contributed by atoms with Crippen molar-refractivity contribution in [3.63, 3.8) is 0 Å². The zero-order valence-electron chi connectivity index (χ0n) is 9.74. The van der Waals surface area contributed by atoms with Crippen molar-refractivity contribution in [3.8, 4) is 11.5 Å². The summed E-state index contributed by atoms with van der Waals surface area (Å²) < 4.78 is 10.5. The van der Waals surface area contributed by atoms with Crippen molar-refractivity contribution in [3.05, 3.63) is 24.3 Å². The number of hydrogen-bond acceptors (Lipinski definition) is 3. The molecule has 0 saturated heterocycles. The highest BCUT2D eigenvalue weighted by atomic mass is 35.5. The molecule has 0 radical (unpaired) electrons. The van der Waals surface area contributed by atoms with Crippen LogP contribution in [0.25, 0.3) is 0 Å². The fourth-order valence-corrected chi connectivity index (χ4v) is 1.36. The standard InChI is InChI=1S/C12H16ClNO3/c1-16-10-5-2-3-6-11(10)17-9-12(15)14-8-4-7-13/h2-3,5-6H,4,7-9H2,1H3,(H,14,15). The molecule has 1 N–H and O–H groups in total. The Labute approximate surface area is 106 Å². The largest absolute Gasteiger partial charge is 0.493 e. The van der Waals surface area contributed by atoms with E-state index in [1.165, 1.54) is 0 Å². The van der Waals surface area contributed by atoms with E-state index in [4.69, 9.17) is 21.1 Å². The monoisotopic (exact) mass is 257 g/mol. The Balaban J connectivity index is 2.36. The lowest BCUT2D eigenvalue weighted by molar-refractivity contribution is -0.123. The van der Waals surface area contributed by atoms with Gasteiger partial charge < -0.3 is 14.8 Å². The number of para-hydroxylation sites is 2. The summed E-state index contributed by atoms with van der Waals surface area (Å²) in [7, 11) is 1.56. The average molecular weight is 258 g/mol. The van der Waals surface area contributed by atoms with E-state index in [0.29, 0.717) is 23.9 Å². The van der Waals surface area contributed by atoms with Crippen LogP contribution in [0.5, 0.6) is 11.5 Å². The van der Waals surface area contributed by atoms with Gasteiger partial charge in [-0.2, -0.15) is 0 Å². The fraction of sp³-hybridized carbons (Fsp3) is 0.417. The first-order chi connectivity index (χ1) is 8.27. The van der Waals surface area contributed by atoms with Crippen molar-refractivity contribution < 1.29 is 14.3 Å². The second kappa shape index (κ2) is 7.79. The fourth-order valence-electron chi connectivity index (χ4n) is 1.23. The Hall–Kier alpha value is -1.42. The zero-order valence-corrected chi connectivity index (χ0v) is 10.5.